The Bertz CT molecular complexity index is 469. The van der Waals surface area contributed by atoms with E-state index in [2.05, 4.69) is 4.98 Å². The Hall–Kier alpha value is -1.89. The van der Waals surface area contributed by atoms with Gasteiger partial charge in [0.25, 0.3) is 11.6 Å². The number of carbonyl (C=O) groups is 1. The van der Waals surface area contributed by atoms with Gasteiger partial charge in [-0.2, -0.15) is 0 Å². The molecule has 1 aromatic rings. The monoisotopic (exact) mass is 266 g/mol. The lowest BCUT2D eigenvalue weighted by atomic mass is 9.95. The maximum absolute atomic E-state index is 12.2. The third-order valence-electron chi connectivity index (χ3n) is 3.49. The average molecular weight is 266 g/mol. The van der Waals surface area contributed by atoms with Gasteiger partial charge < -0.3 is 15.6 Å². The molecule has 1 amide bonds. The van der Waals surface area contributed by atoms with Crippen molar-refractivity contribution in [3.63, 3.8) is 0 Å². The first-order chi connectivity index (χ1) is 9.11. The second-order valence-corrected chi connectivity index (χ2v) is 4.87. The summed E-state index contributed by atoms with van der Waals surface area (Å²) < 4.78 is 0. The Labute approximate surface area is 110 Å². The standard InChI is InChI=1S/C12H18N4O3/c13-4-3-9-2-1-5-15(8-9)12(17)11-6-10(7-14-11)16(18)19/h6-7,9,14H,1-5,8,13H2. The van der Waals surface area contributed by atoms with Crippen LogP contribution < -0.4 is 5.73 Å². The van der Waals surface area contributed by atoms with Gasteiger partial charge in [0.15, 0.2) is 0 Å². The molecule has 0 saturated carbocycles. The number of nitrogens with zero attached hydrogens (tertiary/aromatic N) is 2. The number of H-pyrrole nitrogens is 1. The highest BCUT2D eigenvalue weighted by Gasteiger charge is 2.25. The molecule has 1 fully saturated rings. The van der Waals surface area contributed by atoms with Crippen LogP contribution in [0.4, 0.5) is 5.69 Å². The van der Waals surface area contributed by atoms with Crippen LogP contribution in [0.1, 0.15) is 29.8 Å². The number of hydrogen-bond donors (Lipinski definition) is 2. The van der Waals surface area contributed by atoms with E-state index < -0.39 is 4.92 Å². The van der Waals surface area contributed by atoms with Crippen molar-refractivity contribution < 1.29 is 9.72 Å². The van der Waals surface area contributed by atoms with E-state index in [9.17, 15) is 14.9 Å². The van der Waals surface area contributed by atoms with E-state index in [0.717, 1.165) is 19.3 Å². The summed E-state index contributed by atoms with van der Waals surface area (Å²) in [5, 5.41) is 10.6. The normalized spacial score (nSPS) is 19.4. The zero-order valence-electron chi connectivity index (χ0n) is 10.7. The number of piperidine rings is 1. The molecular formula is C12H18N4O3. The van der Waals surface area contributed by atoms with Crippen LogP contribution in [0.15, 0.2) is 12.3 Å². The lowest BCUT2D eigenvalue weighted by Crippen LogP contribution is -2.40. The fourth-order valence-corrected chi connectivity index (χ4v) is 2.50. The molecule has 1 atom stereocenters. The molecular weight excluding hydrogens is 248 g/mol. The molecule has 7 heteroatoms. The Balaban J connectivity index is 2.03. The zero-order chi connectivity index (χ0) is 13.8. The second kappa shape index (κ2) is 5.83. The number of likely N-dealkylation sites (tertiary alicyclic amines) is 1. The van der Waals surface area contributed by atoms with Gasteiger partial charge in [0.1, 0.15) is 5.69 Å². The highest BCUT2D eigenvalue weighted by atomic mass is 16.6. The fraction of sp³-hybridized carbons (Fsp3) is 0.583. The summed E-state index contributed by atoms with van der Waals surface area (Å²) in [6.07, 6.45) is 4.20. The SMILES string of the molecule is NCCC1CCCN(C(=O)c2cc([N+](=O)[O-])c[nH]2)C1. The Kier molecular flexibility index (Phi) is 4.16. The summed E-state index contributed by atoms with van der Waals surface area (Å²) in [6, 6.07) is 1.29. The average Bonchev–Trinajstić information content (AvgIpc) is 2.88. The largest absolute Gasteiger partial charge is 0.351 e. The smallest absolute Gasteiger partial charge is 0.287 e. The summed E-state index contributed by atoms with van der Waals surface area (Å²) in [5.74, 6) is 0.266. The van der Waals surface area contributed by atoms with Crippen LogP contribution in [0, 0.1) is 16.0 Å². The summed E-state index contributed by atoms with van der Waals surface area (Å²) >= 11 is 0. The van der Waals surface area contributed by atoms with Crippen LogP contribution >= 0.6 is 0 Å². The molecule has 7 nitrogen and oxygen atoms in total. The number of amides is 1. The second-order valence-electron chi connectivity index (χ2n) is 4.87. The van der Waals surface area contributed by atoms with Crippen LogP contribution in [0.2, 0.25) is 0 Å². The number of aromatic nitrogens is 1. The molecule has 0 bridgehead atoms. The summed E-state index contributed by atoms with van der Waals surface area (Å²) in [4.78, 5) is 26.7. The first-order valence-electron chi connectivity index (χ1n) is 6.44. The maximum atomic E-state index is 12.2. The maximum Gasteiger partial charge on any atom is 0.287 e. The van der Waals surface area contributed by atoms with Gasteiger partial charge in [0.2, 0.25) is 0 Å². The highest BCUT2D eigenvalue weighted by molar-refractivity contribution is 5.93. The van der Waals surface area contributed by atoms with Crippen molar-refractivity contribution >= 4 is 11.6 Å². The van der Waals surface area contributed by atoms with Gasteiger partial charge in [0.05, 0.1) is 11.1 Å². The third kappa shape index (κ3) is 3.11. The number of nitrogens with one attached hydrogen (secondary N) is 1. The van der Waals surface area contributed by atoms with Gasteiger partial charge in [-0.1, -0.05) is 0 Å². The number of aromatic amines is 1. The van der Waals surface area contributed by atoms with E-state index in [4.69, 9.17) is 5.73 Å². The van der Waals surface area contributed by atoms with E-state index in [1.807, 2.05) is 0 Å². The van der Waals surface area contributed by atoms with Gasteiger partial charge in [-0.3, -0.25) is 14.9 Å². The highest BCUT2D eigenvalue weighted by Crippen LogP contribution is 2.21. The van der Waals surface area contributed by atoms with Crippen molar-refractivity contribution in [2.24, 2.45) is 11.7 Å². The van der Waals surface area contributed by atoms with Crippen LogP contribution in [0.5, 0.6) is 0 Å². The quantitative estimate of drug-likeness (QED) is 0.629. The van der Waals surface area contributed by atoms with Crippen LogP contribution in [0.3, 0.4) is 0 Å². The number of nitro groups is 1. The lowest BCUT2D eigenvalue weighted by molar-refractivity contribution is -0.384. The van der Waals surface area contributed by atoms with Gasteiger partial charge >= 0.3 is 0 Å². The van der Waals surface area contributed by atoms with E-state index in [1.165, 1.54) is 12.3 Å². The molecule has 3 N–H and O–H groups in total. The molecule has 0 spiro atoms. The minimum Gasteiger partial charge on any atom is -0.351 e. The first-order valence-corrected chi connectivity index (χ1v) is 6.44. The van der Waals surface area contributed by atoms with Crippen molar-refractivity contribution in [2.45, 2.75) is 19.3 Å². The Morgan fingerprint density at radius 1 is 1.63 bits per heavy atom. The lowest BCUT2D eigenvalue weighted by Gasteiger charge is -2.32. The third-order valence-corrected chi connectivity index (χ3v) is 3.49. The van der Waals surface area contributed by atoms with E-state index >= 15 is 0 Å². The van der Waals surface area contributed by atoms with Crippen molar-refractivity contribution in [3.8, 4) is 0 Å². The van der Waals surface area contributed by atoms with Crippen molar-refractivity contribution in [1.29, 1.82) is 0 Å². The minimum atomic E-state index is -0.513. The van der Waals surface area contributed by atoms with Gasteiger partial charge in [-0.15, -0.1) is 0 Å². The molecule has 2 rings (SSSR count). The number of nitrogens with two attached hydrogens (primary N) is 1. The Morgan fingerprint density at radius 2 is 2.42 bits per heavy atom. The van der Waals surface area contributed by atoms with Gasteiger partial charge in [0, 0.05) is 19.2 Å². The molecule has 104 valence electrons. The summed E-state index contributed by atoms with van der Waals surface area (Å²) in [5.41, 5.74) is 5.74. The predicted molar refractivity (Wildman–Crippen MR) is 69.7 cm³/mol. The molecule has 19 heavy (non-hydrogen) atoms. The predicted octanol–water partition coefficient (Wildman–Crippen LogP) is 1.12. The molecule has 0 radical (unpaired) electrons. The van der Waals surface area contributed by atoms with E-state index in [1.54, 1.807) is 4.90 Å². The first kappa shape index (κ1) is 13.5. The molecule has 0 aliphatic carbocycles. The van der Waals surface area contributed by atoms with Gasteiger partial charge in [-0.05, 0) is 31.7 Å². The molecule has 1 aliphatic heterocycles. The van der Waals surface area contributed by atoms with E-state index in [0.29, 0.717) is 25.6 Å². The summed E-state index contributed by atoms with van der Waals surface area (Å²) in [7, 11) is 0. The number of rotatable bonds is 4. The molecule has 0 aromatic carbocycles. The van der Waals surface area contributed by atoms with Crippen molar-refractivity contribution in [1.82, 2.24) is 9.88 Å². The van der Waals surface area contributed by atoms with Crippen LogP contribution in [-0.2, 0) is 0 Å². The number of carbonyl (C=O) groups excluding carboxylic acids is 1. The molecule has 2 heterocycles. The minimum absolute atomic E-state index is 0.0844. The van der Waals surface area contributed by atoms with Crippen molar-refractivity contribution in [3.05, 3.63) is 28.1 Å². The summed E-state index contributed by atoms with van der Waals surface area (Å²) in [6.45, 7) is 2.01. The van der Waals surface area contributed by atoms with Gasteiger partial charge in [-0.25, -0.2) is 0 Å². The Morgan fingerprint density at radius 3 is 3.05 bits per heavy atom. The molecule has 1 aliphatic rings. The van der Waals surface area contributed by atoms with Crippen molar-refractivity contribution in [2.75, 3.05) is 19.6 Å². The zero-order valence-corrected chi connectivity index (χ0v) is 10.7. The number of hydrogen-bond acceptors (Lipinski definition) is 4. The fourth-order valence-electron chi connectivity index (χ4n) is 2.50. The van der Waals surface area contributed by atoms with Crippen LogP contribution in [0.25, 0.3) is 0 Å². The topological polar surface area (TPSA) is 105 Å². The molecule has 1 saturated heterocycles. The molecule has 1 aromatic heterocycles. The van der Waals surface area contributed by atoms with E-state index in [-0.39, 0.29) is 17.3 Å². The van der Waals surface area contributed by atoms with Crippen LogP contribution in [-0.4, -0.2) is 40.3 Å². The molecule has 1 unspecified atom stereocenters.